The van der Waals surface area contributed by atoms with Crippen LogP contribution in [0.15, 0.2) is 67.3 Å². The molecule has 2 aromatic rings. The number of methoxy groups -OCH3 is 1. The van der Waals surface area contributed by atoms with E-state index in [1.807, 2.05) is 6.07 Å². The largest absolute Gasteiger partial charge is 0.493 e. The molecular weight excluding hydrogens is 346 g/mol. The number of esters is 1. The van der Waals surface area contributed by atoms with E-state index in [1.54, 1.807) is 54.6 Å². The molecule has 0 fully saturated rings. The minimum absolute atomic E-state index is 0.364. The molecule has 1 amide bonds. The van der Waals surface area contributed by atoms with Crippen LogP contribution in [0, 0.1) is 0 Å². The Morgan fingerprint density at radius 2 is 1.89 bits per heavy atom. The summed E-state index contributed by atoms with van der Waals surface area (Å²) in [4.78, 5) is 23.5. The van der Waals surface area contributed by atoms with Gasteiger partial charge in [-0.3, -0.25) is 4.79 Å². The molecule has 140 valence electrons. The van der Waals surface area contributed by atoms with Crippen LogP contribution in [0.25, 0.3) is 6.08 Å². The fourth-order valence-corrected chi connectivity index (χ4v) is 2.12. The number of hydrogen-bond donors (Lipinski definition) is 1. The smallest absolute Gasteiger partial charge is 0.331 e. The van der Waals surface area contributed by atoms with Gasteiger partial charge in [-0.25, -0.2) is 4.79 Å². The normalized spacial score (nSPS) is 10.3. The lowest BCUT2D eigenvalue weighted by atomic mass is 10.2. The molecule has 0 unspecified atom stereocenters. The average Bonchev–Trinajstić information content (AvgIpc) is 2.70. The minimum Gasteiger partial charge on any atom is -0.493 e. The molecule has 0 radical (unpaired) electrons. The number of amides is 1. The second-order valence-electron chi connectivity index (χ2n) is 5.37. The van der Waals surface area contributed by atoms with Crippen molar-refractivity contribution in [2.45, 2.75) is 0 Å². The van der Waals surface area contributed by atoms with E-state index in [9.17, 15) is 9.59 Å². The number of rotatable bonds is 9. The van der Waals surface area contributed by atoms with E-state index < -0.39 is 11.9 Å². The Labute approximate surface area is 158 Å². The quantitative estimate of drug-likeness (QED) is 0.417. The molecule has 0 aliphatic heterocycles. The molecule has 0 saturated carbocycles. The third-order valence-corrected chi connectivity index (χ3v) is 3.36. The molecule has 0 spiro atoms. The number of carbonyl (C=O) groups is 2. The molecule has 0 saturated heterocycles. The minimum atomic E-state index is -0.621. The van der Waals surface area contributed by atoms with Gasteiger partial charge in [-0.1, -0.05) is 36.9 Å². The maximum Gasteiger partial charge on any atom is 0.331 e. The van der Waals surface area contributed by atoms with Crippen LogP contribution < -0.4 is 14.8 Å². The Kier molecular flexibility index (Phi) is 7.66. The van der Waals surface area contributed by atoms with E-state index >= 15 is 0 Å². The van der Waals surface area contributed by atoms with Crippen LogP contribution in [0.3, 0.4) is 0 Å². The lowest BCUT2D eigenvalue weighted by Crippen LogP contribution is -2.20. The number of anilines is 1. The van der Waals surface area contributed by atoms with Gasteiger partial charge < -0.3 is 19.5 Å². The van der Waals surface area contributed by atoms with Gasteiger partial charge in [0.1, 0.15) is 6.61 Å². The number of benzene rings is 2. The highest BCUT2D eigenvalue weighted by molar-refractivity contribution is 5.94. The predicted octanol–water partition coefficient (Wildman–Crippen LogP) is 3.46. The summed E-state index contributed by atoms with van der Waals surface area (Å²) in [5.41, 5.74) is 1.36. The number of hydrogen-bond acceptors (Lipinski definition) is 5. The Morgan fingerprint density at radius 1 is 1.11 bits per heavy atom. The molecule has 6 heteroatoms. The number of ether oxygens (including phenoxy) is 3. The van der Waals surface area contributed by atoms with Crippen LogP contribution >= 0.6 is 0 Å². The van der Waals surface area contributed by atoms with Crippen LogP contribution in [-0.4, -0.2) is 32.2 Å². The van der Waals surface area contributed by atoms with Crippen molar-refractivity contribution in [3.8, 4) is 11.5 Å². The fraction of sp³-hybridized carbons (Fsp3) is 0.143. The molecule has 0 atom stereocenters. The Morgan fingerprint density at radius 3 is 2.59 bits per heavy atom. The molecule has 0 aliphatic carbocycles. The highest BCUT2D eigenvalue weighted by atomic mass is 16.5. The zero-order chi connectivity index (χ0) is 19.5. The SMILES string of the molecule is C=CCOc1ccc(/C=C/C(=O)OCC(=O)Nc2ccccc2)cc1OC. The summed E-state index contributed by atoms with van der Waals surface area (Å²) >= 11 is 0. The molecule has 0 aromatic heterocycles. The number of para-hydroxylation sites is 1. The summed E-state index contributed by atoms with van der Waals surface area (Å²) < 4.78 is 15.7. The first-order chi connectivity index (χ1) is 13.1. The van der Waals surface area contributed by atoms with Crippen molar-refractivity contribution in [3.05, 3.63) is 72.8 Å². The molecule has 2 rings (SSSR count). The van der Waals surface area contributed by atoms with Crippen LogP contribution in [0.4, 0.5) is 5.69 Å². The standard InChI is InChI=1S/C21H21NO5/c1-3-13-26-18-11-9-16(14-19(18)25-2)10-12-21(24)27-15-20(23)22-17-7-5-4-6-8-17/h3-12,14H,1,13,15H2,2H3,(H,22,23)/b12-10+. The lowest BCUT2D eigenvalue weighted by Gasteiger charge is -2.09. The van der Waals surface area contributed by atoms with E-state index in [1.165, 1.54) is 13.2 Å². The monoisotopic (exact) mass is 367 g/mol. The first kappa shape index (κ1) is 19.8. The van der Waals surface area contributed by atoms with Crippen molar-refractivity contribution < 1.29 is 23.8 Å². The number of nitrogens with one attached hydrogen (secondary N) is 1. The molecule has 0 aliphatic rings. The van der Waals surface area contributed by atoms with Gasteiger partial charge >= 0.3 is 5.97 Å². The van der Waals surface area contributed by atoms with Crippen molar-refractivity contribution in [2.75, 3.05) is 25.6 Å². The molecule has 0 bridgehead atoms. The van der Waals surface area contributed by atoms with Gasteiger partial charge in [0.25, 0.3) is 5.91 Å². The third kappa shape index (κ3) is 6.70. The summed E-state index contributed by atoms with van der Waals surface area (Å²) in [6.07, 6.45) is 4.45. The maximum absolute atomic E-state index is 11.8. The van der Waals surface area contributed by atoms with Gasteiger partial charge in [-0.2, -0.15) is 0 Å². The zero-order valence-electron chi connectivity index (χ0n) is 15.0. The third-order valence-electron chi connectivity index (χ3n) is 3.36. The van der Waals surface area contributed by atoms with Gasteiger partial charge in [0.05, 0.1) is 7.11 Å². The van der Waals surface area contributed by atoms with E-state index in [0.29, 0.717) is 23.8 Å². The molecule has 27 heavy (non-hydrogen) atoms. The van der Waals surface area contributed by atoms with Crippen molar-refractivity contribution in [2.24, 2.45) is 0 Å². The van der Waals surface area contributed by atoms with E-state index in [2.05, 4.69) is 11.9 Å². The van der Waals surface area contributed by atoms with Crippen molar-refractivity contribution >= 4 is 23.6 Å². The Bertz CT molecular complexity index is 815. The van der Waals surface area contributed by atoms with Crippen molar-refractivity contribution in [1.82, 2.24) is 0 Å². The van der Waals surface area contributed by atoms with Crippen LogP contribution in [-0.2, 0) is 14.3 Å². The molecule has 0 heterocycles. The maximum atomic E-state index is 11.8. The summed E-state index contributed by atoms with van der Waals surface area (Å²) in [5.74, 6) is 0.0850. The summed E-state index contributed by atoms with van der Waals surface area (Å²) in [6, 6.07) is 14.2. The second kappa shape index (κ2) is 10.5. The summed E-state index contributed by atoms with van der Waals surface area (Å²) in [5, 5.41) is 2.63. The van der Waals surface area contributed by atoms with Crippen molar-refractivity contribution in [3.63, 3.8) is 0 Å². The van der Waals surface area contributed by atoms with Crippen LogP contribution in [0.5, 0.6) is 11.5 Å². The first-order valence-corrected chi connectivity index (χ1v) is 8.24. The Balaban J connectivity index is 1.86. The van der Waals surface area contributed by atoms with Crippen LogP contribution in [0.2, 0.25) is 0 Å². The summed E-state index contributed by atoms with van der Waals surface area (Å²) in [7, 11) is 1.53. The van der Waals surface area contributed by atoms with Gasteiger partial charge in [0, 0.05) is 11.8 Å². The molecule has 2 aromatic carbocycles. The first-order valence-electron chi connectivity index (χ1n) is 8.24. The Hall–Kier alpha value is -3.54. The predicted molar refractivity (Wildman–Crippen MR) is 104 cm³/mol. The summed E-state index contributed by atoms with van der Waals surface area (Å²) in [6.45, 7) is 3.59. The van der Waals surface area contributed by atoms with E-state index in [4.69, 9.17) is 14.2 Å². The zero-order valence-corrected chi connectivity index (χ0v) is 15.0. The van der Waals surface area contributed by atoms with Gasteiger partial charge in [0.15, 0.2) is 18.1 Å². The lowest BCUT2D eigenvalue weighted by molar-refractivity contribution is -0.142. The molecule has 1 N–H and O–H groups in total. The fourth-order valence-electron chi connectivity index (χ4n) is 2.12. The van der Waals surface area contributed by atoms with E-state index in [-0.39, 0.29) is 6.61 Å². The highest BCUT2D eigenvalue weighted by Crippen LogP contribution is 2.28. The molecular formula is C21H21NO5. The van der Waals surface area contributed by atoms with Gasteiger partial charge in [0.2, 0.25) is 0 Å². The van der Waals surface area contributed by atoms with E-state index in [0.717, 1.165) is 5.56 Å². The highest BCUT2D eigenvalue weighted by Gasteiger charge is 2.07. The topological polar surface area (TPSA) is 73.9 Å². The van der Waals surface area contributed by atoms with Gasteiger partial charge in [-0.05, 0) is 35.9 Å². The second-order valence-corrected chi connectivity index (χ2v) is 5.37. The van der Waals surface area contributed by atoms with Crippen LogP contribution in [0.1, 0.15) is 5.56 Å². The average molecular weight is 367 g/mol. The number of carbonyl (C=O) groups excluding carboxylic acids is 2. The van der Waals surface area contributed by atoms with Crippen molar-refractivity contribution in [1.29, 1.82) is 0 Å². The van der Waals surface area contributed by atoms with Gasteiger partial charge in [-0.15, -0.1) is 0 Å². The molecule has 6 nitrogen and oxygen atoms in total.